The fraction of sp³-hybridized carbons (Fsp3) is 0.0909. The maximum absolute atomic E-state index is 5.56. The maximum Gasteiger partial charge on any atom is 0.241 e. The molecule has 0 atom stereocenters. The van der Waals surface area contributed by atoms with E-state index in [9.17, 15) is 0 Å². The second kappa shape index (κ2) is 4.48. The van der Waals surface area contributed by atoms with E-state index in [-0.39, 0.29) is 0 Å². The lowest BCUT2D eigenvalue weighted by Gasteiger charge is -2.05. The van der Waals surface area contributed by atoms with Crippen LogP contribution >= 0.6 is 0 Å². The molecule has 2 aromatic rings. The predicted octanol–water partition coefficient (Wildman–Crippen LogP) is 1.86. The third-order valence-corrected chi connectivity index (χ3v) is 1.90. The van der Waals surface area contributed by atoms with Gasteiger partial charge in [-0.1, -0.05) is 0 Å². The topological polar surface area (TPSA) is 70.3 Å². The number of nitrogens with zero attached hydrogens (tertiary/aromatic N) is 2. The zero-order valence-corrected chi connectivity index (χ0v) is 8.75. The number of benzene rings is 1. The molecule has 2 rings (SSSR count). The third-order valence-electron chi connectivity index (χ3n) is 1.90. The van der Waals surface area contributed by atoms with Crippen molar-refractivity contribution in [2.45, 2.75) is 0 Å². The Morgan fingerprint density at radius 1 is 1.06 bits per heavy atom. The number of ether oxygens (including phenoxy) is 2. The van der Waals surface area contributed by atoms with Crippen molar-refractivity contribution < 1.29 is 9.47 Å². The van der Waals surface area contributed by atoms with Crippen LogP contribution in [0.4, 0.5) is 5.69 Å². The van der Waals surface area contributed by atoms with Crippen molar-refractivity contribution in [3.05, 3.63) is 36.7 Å². The highest BCUT2D eigenvalue weighted by molar-refractivity contribution is 5.42. The van der Waals surface area contributed by atoms with E-state index in [2.05, 4.69) is 9.97 Å². The average Bonchev–Trinajstić information content (AvgIpc) is 2.32. The van der Waals surface area contributed by atoms with E-state index in [1.165, 1.54) is 19.5 Å². The molecule has 1 aromatic heterocycles. The fourth-order valence-corrected chi connectivity index (χ4v) is 1.14. The summed E-state index contributed by atoms with van der Waals surface area (Å²) in [6.07, 6.45) is 3.02. The highest BCUT2D eigenvalue weighted by Gasteiger charge is 2.01. The van der Waals surface area contributed by atoms with Crippen LogP contribution in [0, 0.1) is 0 Å². The first-order chi connectivity index (χ1) is 7.78. The molecule has 0 bridgehead atoms. The van der Waals surface area contributed by atoms with Gasteiger partial charge < -0.3 is 15.2 Å². The summed E-state index contributed by atoms with van der Waals surface area (Å²) < 4.78 is 10.4. The normalized spacial score (nSPS) is 9.81. The first kappa shape index (κ1) is 10.2. The van der Waals surface area contributed by atoms with Crippen LogP contribution in [0.25, 0.3) is 0 Å². The average molecular weight is 217 g/mol. The number of anilines is 1. The lowest BCUT2D eigenvalue weighted by Crippen LogP contribution is -1.93. The minimum atomic E-state index is 0.379. The smallest absolute Gasteiger partial charge is 0.241 e. The largest absolute Gasteiger partial charge is 0.480 e. The number of aromatic nitrogens is 2. The molecule has 16 heavy (non-hydrogen) atoms. The molecule has 5 heteroatoms. The molecule has 0 spiro atoms. The Bertz CT molecular complexity index is 471. The summed E-state index contributed by atoms with van der Waals surface area (Å²) >= 11 is 0. The van der Waals surface area contributed by atoms with Gasteiger partial charge in [0.2, 0.25) is 11.8 Å². The van der Waals surface area contributed by atoms with E-state index in [4.69, 9.17) is 15.2 Å². The standard InChI is InChI=1S/C11H11N3O2/c1-15-10-6-13-7-11(14-10)16-9-4-2-8(12)3-5-9/h2-7H,12H2,1H3. The van der Waals surface area contributed by atoms with E-state index < -0.39 is 0 Å². The van der Waals surface area contributed by atoms with E-state index in [1.807, 2.05) is 0 Å². The molecule has 0 fully saturated rings. The maximum atomic E-state index is 5.56. The number of nitrogen functional groups attached to an aromatic ring is 1. The van der Waals surface area contributed by atoms with E-state index in [0.29, 0.717) is 23.2 Å². The highest BCUT2D eigenvalue weighted by Crippen LogP contribution is 2.21. The number of nitrogens with two attached hydrogens (primary N) is 1. The number of hydrogen-bond acceptors (Lipinski definition) is 5. The zero-order valence-electron chi connectivity index (χ0n) is 8.75. The van der Waals surface area contributed by atoms with Gasteiger partial charge in [0.1, 0.15) is 5.75 Å². The van der Waals surface area contributed by atoms with Gasteiger partial charge in [-0.2, -0.15) is 4.98 Å². The summed E-state index contributed by atoms with van der Waals surface area (Å²) in [5, 5.41) is 0. The van der Waals surface area contributed by atoms with Crippen molar-refractivity contribution in [3.63, 3.8) is 0 Å². The lowest BCUT2D eigenvalue weighted by atomic mass is 10.3. The molecule has 0 aliphatic carbocycles. The molecule has 0 amide bonds. The third kappa shape index (κ3) is 2.38. The van der Waals surface area contributed by atoms with Crippen LogP contribution in [0.5, 0.6) is 17.5 Å². The molecule has 82 valence electrons. The van der Waals surface area contributed by atoms with E-state index in [0.717, 1.165) is 0 Å². The van der Waals surface area contributed by atoms with Crippen LogP contribution in [0.15, 0.2) is 36.7 Å². The fourth-order valence-electron chi connectivity index (χ4n) is 1.14. The molecular weight excluding hydrogens is 206 g/mol. The first-order valence-electron chi connectivity index (χ1n) is 4.67. The molecule has 0 saturated carbocycles. The highest BCUT2D eigenvalue weighted by atomic mass is 16.5. The van der Waals surface area contributed by atoms with E-state index in [1.54, 1.807) is 24.3 Å². The van der Waals surface area contributed by atoms with Crippen LogP contribution in [0.3, 0.4) is 0 Å². The summed E-state index contributed by atoms with van der Waals surface area (Å²) in [5.74, 6) is 1.44. The molecular formula is C11H11N3O2. The summed E-state index contributed by atoms with van der Waals surface area (Å²) in [6, 6.07) is 7.03. The molecule has 0 unspecified atom stereocenters. The van der Waals surface area contributed by atoms with Crippen molar-refractivity contribution in [1.82, 2.24) is 9.97 Å². The van der Waals surface area contributed by atoms with Gasteiger partial charge in [0.05, 0.1) is 19.5 Å². The predicted molar refractivity (Wildman–Crippen MR) is 59.5 cm³/mol. The molecule has 1 aromatic carbocycles. The van der Waals surface area contributed by atoms with Gasteiger partial charge >= 0.3 is 0 Å². The van der Waals surface area contributed by atoms with Gasteiger partial charge in [-0.3, -0.25) is 4.98 Å². The van der Waals surface area contributed by atoms with Crippen molar-refractivity contribution in [2.75, 3.05) is 12.8 Å². The Kier molecular flexibility index (Phi) is 2.86. The van der Waals surface area contributed by atoms with Gasteiger partial charge in [-0.05, 0) is 24.3 Å². The van der Waals surface area contributed by atoms with Crippen LogP contribution in [0.1, 0.15) is 0 Å². The summed E-state index contributed by atoms with van der Waals surface area (Å²) in [6.45, 7) is 0. The van der Waals surface area contributed by atoms with Crippen molar-refractivity contribution in [2.24, 2.45) is 0 Å². The molecule has 2 N–H and O–H groups in total. The van der Waals surface area contributed by atoms with Crippen LogP contribution in [-0.2, 0) is 0 Å². The Morgan fingerprint density at radius 3 is 2.44 bits per heavy atom. The minimum absolute atomic E-state index is 0.379. The summed E-state index contributed by atoms with van der Waals surface area (Å²) in [5.41, 5.74) is 6.25. The van der Waals surface area contributed by atoms with Crippen LogP contribution < -0.4 is 15.2 Å². The van der Waals surface area contributed by atoms with E-state index >= 15 is 0 Å². The van der Waals surface area contributed by atoms with Crippen molar-refractivity contribution >= 4 is 5.69 Å². The van der Waals surface area contributed by atoms with Crippen molar-refractivity contribution in [1.29, 1.82) is 0 Å². The molecule has 0 aliphatic rings. The van der Waals surface area contributed by atoms with Gasteiger partial charge in [-0.15, -0.1) is 0 Å². The second-order valence-electron chi connectivity index (χ2n) is 3.07. The molecule has 1 heterocycles. The quantitative estimate of drug-likeness (QED) is 0.794. The van der Waals surface area contributed by atoms with Crippen molar-refractivity contribution in [3.8, 4) is 17.5 Å². The number of rotatable bonds is 3. The van der Waals surface area contributed by atoms with Gasteiger partial charge in [-0.25, -0.2) is 0 Å². The molecule has 0 radical (unpaired) electrons. The molecule has 0 aliphatic heterocycles. The van der Waals surface area contributed by atoms with Crippen LogP contribution in [0.2, 0.25) is 0 Å². The van der Waals surface area contributed by atoms with Gasteiger partial charge in [0.15, 0.2) is 0 Å². The Morgan fingerprint density at radius 2 is 1.75 bits per heavy atom. The SMILES string of the molecule is COc1cncc(Oc2ccc(N)cc2)n1. The Balaban J connectivity index is 2.16. The summed E-state index contributed by atoms with van der Waals surface area (Å²) in [7, 11) is 1.52. The molecule has 0 saturated heterocycles. The van der Waals surface area contributed by atoms with Gasteiger partial charge in [0, 0.05) is 5.69 Å². The number of methoxy groups -OCH3 is 1. The first-order valence-corrected chi connectivity index (χ1v) is 4.67. The minimum Gasteiger partial charge on any atom is -0.480 e. The lowest BCUT2D eigenvalue weighted by molar-refractivity contribution is 0.380. The van der Waals surface area contributed by atoms with Gasteiger partial charge in [0.25, 0.3) is 0 Å². The Labute approximate surface area is 92.9 Å². The monoisotopic (exact) mass is 217 g/mol. The zero-order chi connectivity index (χ0) is 11.4. The Hall–Kier alpha value is -2.30. The summed E-state index contributed by atoms with van der Waals surface area (Å²) in [4.78, 5) is 8.00. The number of hydrogen-bond donors (Lipinski definition) is 1. The second-order valence-corrected chi connectivity index (χ2v) is 3.07. The molecule has 5 nitrogen and oxygen atoms in total. The van der Waals surface area contributed by atoms with Crippen LogP contribution in [-0.4, -0.2) is 17.1 Å².